The highest BCUT2D eigenvalue weighted by molar-refractivity contribution is 6.13. The molecule has 1 aliphatic heterocycles. The number of methoxy groups -OCH3 is 1. The number of imide groups is 1. The van der Waals surface area contributed by atoms with Crippen molar-refractivity contribution in [3.63, 3.8) is 0 Å². The number of furan rings is 1. The molecule has 2 heterocycles. The number of nitrogens with zero attached hydrogens (tertiary/aromatic N) is 1. The van der Waals surface area contributed by atoms with E-state index in [-0.39, 0.29) is 17.1 Å². The number of carbonyl (C=O) groups is 2. The first-order chi connectivity index (χ1) is 11.5. The van der Waals surface area contributed by atoms with Crippen LogP contribution in [0.1, 0.15) is 5.76 Å². The van der Waals surface area contributed by atoms with Gasteiger partial charge in [-0.15, -0.1) is 0 Å². The third-order valence-corrected chi connectivity index (χ3v) is 3.29. The molecule has 2 N–H and O–H groups in total. The van der Waals surface area contributed by atoms with Crippen LogP contribution in [0.4, 0.5) is 10.5 Å². The van der Waals surface area contributed by atoms with Crippen molar-refractivity contribution < 1.29 is 23.7 Å². The minimum Gasteiger partial charge on any atom is -0.496 e. The fourth-order valence-corrected chi connectivity index (χ4v) is 2.20. The summed E-state index contributed by atoms with van der Waals surface area (Å²) in [6.45, 7) is 0. The zero-order chi connectivity index (χ0) is 17.3. The predicted molar refractivity (Wildman–Crippen MR) is 82.0 cm³/mol. The number of urea groups is 1. The number of non-ortho nitro benzene ring substituents is 1. The van der Waals surface area contributed by atoms with Crippen LogP contribution in [0.2, 0.25) is 0 Å². The molecule has 0 saturated carbocycles. The SMILES string of the molecule is COc1cc([N+](=O)[O-])ccc1-c1ccc(/C=C2/NC(=O)NC2=O)o1. The second-order valence-electron chi connectivity index (χ2n) is 4.81. The molecule has 0 bridgehead atoms. The lowest BCUT2D eigenvalue weighted by atomic mass is 10.1. The maximum absolute atomic E-state index is 11.5. The Labute approximate surface area is 135 Å². The van der Waals surface area contributed by atoms with Gasteiger partial charge in [-0.05, 0) is 18.2 Å². The van der Waals surface area contributed by atoms with Crippen LogP contribution in [-0.4, -0.2) is 24.0 Å². The number of nitro benzene ring substituents is 1. The summed E-state index contributed by atoms with van der Waals surface area (Å²) in [5.74, 6) is 0.464. The third-order valence-electron chi connectivity index (χ3n) is 3.29. The van der Waals surface area contributed by atoms with Crippen LogP contribution in [0.15, 0.2) is 40.4 Å². The van der Waals surface area contributed by atoms with Crippen LogP contribution in [0, 0.1) is 10.1 Å². The van der Waals surface area contributed by atoms with Gasteiger partial charge in [-0.25, -0.2) is 4.79 Å². The molecule has 1 aliphatic rings. The molecule has 0 atom stereocenters. The van der Waals surface area contributed by atoms with E-state index < -0.39 is 16.9 Å². The summed E-state index contributed by atoms with van der Waals surface area (Å²) >= 11 is 0. The maximum Gasteiger partial charge on any atom is 0.326 e. The zero-order valence-electron chi connectivity index (χ0n) is 12.4. The van der Waals surface area contributed by atoms with Crippen LogP contribution in [0.25, 0.3) is 17.4 Å². The zero-order valence-corrected chi connectivity index (χ0v) is 12.4. The van der Waals surface area contributed by atoms with Gasteiger partial charge in [0.15, 0.2) is 0 Å². The Balaban J connectivity index is 1.94. The highest BCUT2D eigenvalue weighted by Gasteiger charge is 2.23. The number of nitrogens with one attached hydrogen (secondary N) is 2. The Hall–Kier alpha value is -3.62. The molecule has 3 amide bonds. The molecule has 0 radical (unpaired) electrons. The van der Waals surface area contributed by atoms with Crippen molar-refractivity contribution in [3.8, 4) is 17.1 Å². The van der Waals surface area contributed by atoms with Crippen molar-refractivity contribution in [2.75, 3.05) is 7.11 Å². The first-order valence-electron chi connectivity index (χ1n) is 6.74. The predicted octanol–water partition coefficient (Wildman–Crippen LogP) is 2.04. The molecule has 9 heteroatoms. The van der Waals surface area contributed by atoms with Gasteiger partial charge in [0.05, 0.1) is 23.7 Å². The average Bonchev–Trinajstić information content (AvgIpc) is 3.13. The van der Waals surface area contributed by atoms with E-state index in [4.69, 9.17) is 9.15 Å². The first-order valence-corrected chi connectivity index (χ1v) is 6.74. The fourth-order valence-electron chi connectivity index (χ4n) is 2.20. The molecule has 1 aromatic carbocycles. The van der Waals surface area contributed by atoms with Gasteiger partial charge in [-0.2, -0.15) is 0 Å². The summed E-state index contributed by atoms with van der Waals surface area (Å²) in [7, 11) is 1.40. The van der Waals surface area contributed by atoms with Gasteiger partial charge in [-0.3, -0.25) is 20.2 Å². The summed E-state index contributed by atoms with van der Waals surface area (Å²) in [4.78, 5) is 32.8. The van der Waals surface area contributed by atoms with Crippen LogP contribution >= 0.6 is 0 Å². The largest absolute Gasteiger partial charge is 0.496 e. The Bertz CT molecular complexity index is 883. The minimum absolute atomic E-state index is 0.0663. The summed E-state index contributed by atoms with van der Waals surface area (Å²) in [5, 5.41) is 15.2. The average molecular weight is 329 g/mol. The topological polar surface area (TPSA) is 124 Å². The van der Waals surface area contributed by atoms with E-state index in [1.165, 1.54) is 31.4 Å². The molecular weight excluding hydrogens is 318 g/mol. The molecule has 3 rings (SSSR count). The Morgan fingerprint density at radius 3 is 2.62 bits per heavy atom. The molecule has 9 nitrogen and oxygen atoms in total. The summed E-state index contributed by atoms with van der Waals surface area (Å²) in [6.07, 6.45) is 1.38. The smallest absolute Gasteiger partial charge is 0.326 e. The van der Waals surface area contributed by atoms with Crippen LogP contribution in [0.3, 0.4) is 0 Å². The lowest BCUT2D eigenvalue weighted by Gasteiger charge is -2.05. The van der Waals surface area contributed by atoms with Gasteiger partial charge in [0.1, 0.15) is 23.0 Å². The highest BCUT2D eigenvalue weighted by Crippen LogP contribution is 2.34. The van der Waals surface area contributed by atoms with Crippen LogP contribution < -0.4 is 15.4 Å². The molecule has 0 unspecified atom stereocenters. The van der Waals surface area contributed by atoms with E-state index >= 15 is 0 Å². The van der Waals surface area contributed by atoms with E-state index in [9.17, 15) is 19.7 Å². The lowest BCUT2D eigenvalue weighted by molar-refractivity contribution is -0.384. The highest BCUT2D eigenvalue weighted by atomic mass is 16.6. The standard InChI is InChI=1S/C15H11N3O6/c1-23-13-6-8(18(21)22)2-4-10(13)12-5-3-9(24-12)7-11-14(19)17-15(20)16-11/h2-7H,1H3,(H2,16,17,19,20)/b11-7+. The Kier molecular flexibility index (Phi) is 3.74. The van der Waals surface area contributed by atoms with Crippen molar-refractivity contribution in [2.45, 2.75) is 0 Å². The van der Waals surface area contributed by atoms with Crippen molar-refractivity contribution >= 4 is 23.7 Å². The van der Waals surface area contributed by atoms with E-state index in [1.54, 1.807) is 12.1 Å². The van der Waals surface area contributed by atoms with Gasteiger partial charge in [0, 0.05) is 12.1 Å². The van der Waals surface area contributed by atoms with Gasteiger partial charge in [0.2, 0.25) is 0 Å². The second kappa shape index (κ2) is 5.88. The number of carbonyl (C=O) groups excluding carboxylic acids is 2. The second-order valence-corrected chi connectivity index (χ2v) is 4.81. The van der Waals surface area contributed by atoms with Crippen LogP contribution in [0.5, 0.6) is 5.75 Å². The van der Waals surface area contributed by atoms with Gasteiger partial charge >= 0.3 is 6.03 Å². The summed E-state index contributed by atoms with van der Waals surface area (Å²) < 4.78 is 10.8. The number of ether oxygens (including phenoxy) is 1. The van der Waals surface area contributed by atoms with E-state index in [1.807, 2.05) is 0 Å². The number of rotatable bonds is 4. The van der Waals surface area contributed by atoms with Crippen molar-refractivity contribution in [2.24, 2.45) is 0 Å². The van der Waals surface area contributed by atoms with Gasteiger partial charge in [0.25, 0.3) is 11.6 Å². The summed E-state index contributed by atoms with van der Waals surface area (Å²) in [6, 6.07) is 6.77. The molecule has 2 aromatic rings. The number of benzene rings is 1. The van der Waals surface area contributed by atoms with E-state index in [0.29, 0.717) is 17.1 Å². The van der Waals surface area contributed by atoms with E-state index in [2.05, 4.69) is 10.6 Å². The number of amides is 3. The molecular formula is C15H11N3O6. The fraction of sp³-hybridized carbons (Fsp3) is 0.0667. The van der Waals surface area contributed by atoms with Crippen molar-refractivity contribution in [1.82, 2.24) is 10.6 Å². The molecule has 1 fully saturated rings. The maximum atomic E-state index is 11.5. The molecule has 0 spiro atoms. The van der Waals surface area contributed by atoms with Crippen LogP contribution in [-0.2, 0) is 4.79 Å². The molecule has 1 aromatic heterocycles. The molecule has 122 valence electrons. The molecule has 24 heavy (non-hydrogen) atoms. The van der Waals surface area contributed by atoms with Gasteiger partial charge in [-0.1, -0.05) is 0 Å². The number of nitro groups is 1. The quantitative estimate of drug-likeness (QED) is 0.383. The Morgan fingerprint density at radius 2 is 2.00 bits per heavy atom. The lowest BCUT2D eigenvalue weighted by Crippen LogP contribution is -2.22. The number of hydrogen-bond acceptors (Lipinski definition) is 6. The normalized spacial score (nSPS) is 15.3. The summed E-state index contributed by atoms with van der Waals surface area (Å²) in [5.41, 5.74) is 0.485. The van der Waals surface area contributed by atoms with Gasteiger partial charge < -0.3 is 14.5 Å². The number of hydrogen-bond donors (Lipinski definition) is 2. The third kappa shape index (κ3) is 2.82. The first kappa shape index (κ1) is 15.3. The van der Waals surface area contributed by atoms with Crippen molar-refractivity contribution in [1.29, 1.82) is 0 Å². The van der Waals surface area contributed by atoms with E-state index in [0.717, 1.165) is 0 Å². The minimum atomic E-state index is -0.602. The Morgan fingerprint density at radius 1 is 1.21 bits per heavy atom. The molecule has 0 aliphatic carbocycles. The van der Waals surface area contributed by atoms with Crippen molar-refractivity contribution in [3.05, 3.63) is 51.9 Å². The molecule has 1 saturated heterocycles. The monoisotopic (exact) mass is 329 g/mol.